The van der Waals surface area contributed by atoms with E-state index in [1.165, 1.54) is 11.0 Å². The normalized spacial score (nSPS) is 14.7. The molecule has 1 amide bonds. The Kier molecular flexibility index (Phi) is 5.33. The summed E-state index contributed by atoms with van der Waals surface area (Å²) in [4.78, 5) is 26.7. The second kappa shape index (κ2) is 8.10. The molecule has 0 aromatic heterocycles. The number of rotatable bonds is 5. The Hall–Kier alpha value is -3.87. The Bertz CT molecular complexity index is 1140. The fourth-order valence-electron chi connectivity index (χ4n) is 3.48. The molecule has 31 heavy (non-hydrogen) atoms. The van der Waals surface area contributed by atoms with Gasteiger partial charge in [0, 0.05) is 0 Å². The largest absolute Gasteiger partial charge is 0.573 e. The lowest BCUT2D eigenvalue weighted by Gasteiger charge is -2.26. The highest BCUT2D eigenvalue weighted by molar-refractivity contribution is 6.52. The van der Waals surface area contributed by atoms with Gasteiger partial charge < -0.3 is 4.74 Å². The van der Waals surface area contributed by atoms with Crippen LogP contribution in [0.1, 0.15) is 27.5 Å². The fourth-order valence-corrected chi connectivity index (χ4v) is 3.48. The first-order valence-corrected chi connectivity index (χ1v) is 9.39. The minimum absolute atomic E-state index is 0.124. The number of hydrogen-bond acceptors (Lipinski definition) is 3. The molecule has 3 aromatic rings. The Balaban J connectivity index is 1.76. The molecule has 1 aliphatic heterocycles. The number of halogens is 3. The second-order valence-electron chi connectivity index (χ2n) is 6.86. The van der Waals surface area contributed by atoms with Crippen molar-refractivity contribution in [2.75, 3.05) is 4.90 Å². The van der Waals surface area contributed by atoms with Gasteiger partial charge in [0.05, 0.1) is 17.3 Å². The van der Waals surface area contributed by atoms with Crippen LogP contribution in [0, 0.1) is 0 Å². The lowest BCUT2D eigenvalue weighted by molar-refractivity contribution is -0.274. The van der Waals surface area contributed by atoms with E-state index >= 15 is 0 Å². The van der Waals surface area contributed by atoms with Gasteiger partial charge in [-0.1, -0.05) is 72.8 Å². The second-order valence-corrected chi connectivity index (χ2v) is 6.86. The van der Waals surface area contributed by atoms with E-state index in [0.29, 0.717) is 0 Å². The van der Waals surface area contributed by atoms with Crippen LogP contribution in [-0.2, 0) is 4.79 Å². The number of benzene rings is 3. The van der Waals surface area contributed by atoms with Gasteiger partial charge in [-0.25, -0.2) is 0 Å². The van der Waals surface area contributed by atoms with Crippen LogP contribution in [0.25, 0.3) is 6.08 Å². The van der Waals surface area contributed by atoms with Crippen molar-refractivity contribution in [3.05, 3.63) is 102 Å². The fraction of sp³-hybridized carbons (Fsp3) is 0.0833. The van der Waals surface area contributed by atoms with Crippen LogP contribution in [0.2, 0.25) is 0 Å². The molecule has 4 rings (SSSR count). The maximum absolute atomic E-state index is 12.9. The number of alkyl halides is 3. The number of ketones is 1. The van der Waals surface area contributed by atoms with Gasteiger partial charge >= 0.3 is 6.36 Å². The molecule has 1 heterocycles. The molecule has 156 valence electrons. The lowest BCUT2D eigenvalue weighted by Crippen LogP contribution is -2.33. The Morgan fingerprint density at radius 2 is 1.52 bits per heavy atom. The molecule has 0 spiro atoms. The first kappa shape index (κ1) is 20.4. The summed E-state index contributed by atoms with van der Waals surface area (Å²) < 4.78 is 41.6. The molecule has 4 nitrogen and oxygen atoms in total. The summed E-state index contributed by atoms with van der Waals surface area (Å²) >= 11 is 0. The maximum atomic E-state index is 12.9. The van der Waals surface area contributed by atoms with E-state index in [1.807, 2.05) is 66.7 Å². The number of ether oxygens (including phenoxy) is 1. The zero-order chi connectivity index (χ0) is 22.0. The molecular formula is C24H16F3NO3. The Labute approximate surface area is 176 Å². The Morgan fingerprint density at radius 1 is 0.871 bits per heavy atom. The quantitative estimate of drug-likeness (QED) is 0.504. The van der Waals surface area contributed by atoms with Crippen LogP contribution in [0.5, 0.6) is 5.75 Å². The molecule has 0 N–H and O–H groups in total. The molecule has 3 aromatic carbocycles. The highest BCUT2D eigenvalue weighted by Gasteiger charge is 2.40. The van der Waals surface area contributed by atoms with Crippen molar-refractivity contribution in [3.63, 3.8) is 0 Å². The number of carbonyl (C=O) groups is 2. The molecule has 0 saturated heterocycles. The molecule has 0 radical (unpaired) electrons. The molecule has 0 bridgehead atoms. The van der Waals surface area contributed by atoms with Gasteiger partial charge in [-0.2, -0.15) is 0 Å². The number of Topliss-reactive ketones (excluding diaryl/α,β-unsaturated/α-hetero) is 1. The van der Waals surface area contributed by atoms with Crippen molar-refractivity contribution in [2.45, 2.75) is 12.4 Å². The van der Waals surface area contributed by atoms with Crippen molar-refractivity contribution in [1.29, 1.82) is 0 Å². The molecule has 0 aliphatic carbocycles. The summed E-state index contributed by atoms with van der Waals surface area (Å²) in [6, 6.07) is 21.2. The first-order chi connectivity index (χ1) is 14.8. The van der Waals surface area contributed by atoms with Crippen molar-refractivity contribution in [1.82, 2.24) is 0 Å². The van der Waals surface area contributed by atoms with Crippen LogP contribution in [-0.4, -0.2) is 18.1 Å². The van der Waals surface area contributed by atoms with Gasteiger partial charge in [0.1, 0.15) is 5.75 Å². The Morgan fingerprint density at radius 3 is 2.16 bits per heavy atom. The van der Waals surface area contributed by atoms with E-state index in [0.717, 1.165) is 23.3 Å². The van der Waals surface area contributed by atoms with Gasteiger partial charge in [-0.05, 0) is 29.3 Å². The number of nitrogens with zero attached hydrogens (tertiary/aromatic N) is 1. The first-order valence-electron chi connectivity index (χ1n) is 9.39. The molecule has 0 fully saturated rings. The number of carbonyl (C=O) groups excluding carboxylic acids is 2. The lowest BCUT2D eigenvalue weighted by atomic mass is 10.0. The van der Waals surface area contributed by atoms with E-state index in [4.69, 9.17) is 0 Å². The van der Waals surface area contributed by atoms with Crippen LogP contribution in [0.15, 0.2) is 84.9 Å². The minimum atomic E-state index is -4.90. The SMILES string of the molecule is O=C1C(=O)N([C@@H](/C=C/c2ccccc2)c2ccccc2)c2ccc(OC(F)(F)F)cc21. The predicted molar refractivity (Wildman–Crippen MR) is 110 cm³/mol. The van der Waals surface area contributed by atoms with Crippen molar-refractivity contribution < 1.29 is 27.5 Å². The zero-order valence-corrected chi connectivity index (χ0v) is 16.0. The van der Waals surface area contributed by atoms with Crippen LogP contribution in [0.4, 0.5) is 18.9 Å². The van der Waals surface area contributed by atoms with E-state index in [2.05, 4.69) is 4.74 Å². The van der Waals surface area contributed by atoms with E-state index in [1.54, 1.807) is 6.08 Å². The number of amides is 1. The topological polar surface area (TPSA) is 46.6 Å². The summed E-state index contributed by atoms with van der Waals surface area (Å²) in [6.07, 6.45) is -1.29. The number of anilines is 1. The van der Waals surface area contributed by atoms with Gasteiger partial charge in [0.2, 0.25) is 0 Å². The monoisotopic (exact) mass is 423 g/mol. The van der Waals surface area contributed by atoms with Gasteiger partial charge in [0.15, 0.2) is 0 Å². The zero-order valence-electron chi connectivity index (χ0n) is 16.0. The average molecular weight is 423 g/mol. The van der Waals surface area contributed by atoms with Gasteiger partial charge in [-0.15, -0.1) is 13.2 Å². The average Bonchev–Trinajstić information content (AvgIpc) is 2.99. The van der Waals surface area contributed by atoms with Crippen molar-refractivity contribution >= 4 is 23.5 Å². The van der Waals surface area contributed by atoms with E-state index < -0.39 is 29.8 Å². The highest BCUT2D eigenvalue weighted by Crippen LogP contribution is 2.39. The van der Waals surface area contributed by atoms with Crippen LogP contribution >= 0.6 is 0 Å². The smallest absolute Gasteiger partial charge is 0.406 e. The number of fused-ring (bicyclic) bond motifs is 1. The number of hydrogen-bond donors (Lipinski definition) is 0. The third-order valence-electron chi connectivity index (χ3n) is 4.81. The molecule has 0 unspecified atom stereocenters. The molecular weight excluding hydrogens is 407 g/mol. The third kappa shape index (κ3) is 4.35. The maximum Gasteiger partial charge on any atom is 0.573 e. The standard InChI is InChI=1S/C24H16F3NO3/c25-24(26,27)31-18-12-14-21-19(15-18)22(29)23(30)28(21)20(17-9-5-2-6-10-17)13-11-16-7-3-1-4-8-16/h1-15,20H/b13-11+/t20-/m0/s1. The minimum Gasteiger partial charge on any atom is -0.406 e. The summed E-state index contributed by atoms with van der Waals surface area (Å²) in [5.74, 6) is -2.24. The predicted octanol–water partition coefficient (Wildman–Crippen LogP) is 5.57. The van der Waals surface area contributed by atoms with E-state index in [9.17, 15) is 22.8 Å². The molecule has 1 aliphatic rings. The highest BCUT2D eigenvalue weighted by atomic mass is 19.4. The van der Waals surface area contributed by atoms with Crippen LogP contribution < -0.4 is 9.64 Å². The van der Waals surface area contributed by atoms with Crippen LogP contribution in [0.3, 0.4) is 0 Å². The summed E-state index contributed by atoms with van der Waals surface area (Å²) in [7, 11) is 0. The summed E-state index contributed by atoms with van der Waals surface area (Å²) in [6.45, 7) is 0. The van der Waals surface area contributed by atoms with Gasteiger partial charge in [0.25, 0.3) is 11.7 Å². The third-order valence-corrected chi connectivity index (χ3v) is 4.81. The van der Waals surface area contributed by atoms with Crippen molar-refractivity contribution in [3.8, 4) is 5.75 Å². The van der Waals surface area contributed by atoms with Crippen molar-refractivity contribution in [2.24, 2.45) is 0 Å². The van der Waals surface area contributed by atoms with E-state index in [-0.39, 0.29) is 11.3 Å². The molecule has 0 saturated carbocycles. The molecule has 1 atom stereocenters. The van der Waals surface area contributed by atoms with Gasteiger partial charge in [-0.3, -0.25) is 14.5 Å². The summed E-state index contributed by atoms with van der Waals surface area (Å²) in [5.41, 5.74) is 1.76. The summed E-state index contributed by atoms with van der Waals surface area (Å²) in [5, 5.41) is 0. The molecule has 7 heteroatoms.